The van der Waals surface area contributed by atoms with Crippen molar-refractivity contribution in [3.05, 3.63) is 24.4 Å². The second-order valence-electron chi connectivity index (χ2n) is 8.26. The number of anilines is 1. The number of hydrogen-bond donors (Lipinski definition) is 0. The monoisotopic (exact) mass is 358 g/mol. The summed E-state index contributed by atoms with van der Waals surface area (Å²) >= 11 is 0. The molecule has 1 amide bonds. The molecular formula is C21H34N4O. The van der Waals surface area contributed by atoms with Crippen LogP contribution in [0, 0.1) is 11.8 Å². The van der Waals surface area contributed by atoms with Crippen LogP contribution in [-0.4, -0.2) is 66.5 Å². The Morgan fingerprint density at radius 1 is 1.19 bits per heavy atom. The Balaban J connectivity index is 1.42. The second-order valence-corrected chi connectivity index (χ2v) is 8.26. The molecule has 2 aliphatic rings. The number of piperidine rings is 1. The van der Waals surface area contributed by atoms with E-state index in [9.17, 15) is 4.79 Å². The summed E-state index contributed by atoms with van der Waals surface area (Å²) in [4.78, 5) is 24.0. The van der Waals surface area contributed by atoms with Crippen molar-refractivity contribution in [2.45, 2.75) is 39.5 Å². The molecule has 1 atom stereocenters. The van der Waals surface area contributed by atoms with Crippen LogP contribution in [0.1, 0.15) is 39.5 Å². The third-order valence-corrected chi connectivity index (χ3v) is 5.67. The van der Waals surface area contributed by atoms with E-state index < -0.39 is 0 Å². The van der Waals surface area contributed by atoms with Crippen LogP contribution in [-0.2, 0) is 4.79 Å². The lowest BCUT2D eigenvalue weighted by atomic mass is 9.96. The largest absolute Gasteiger partial charge is 0.354 e. The van der Waals surface area contributed by atoms with Crippen LogP contribution in [0.25, 0.3) is 0 Å². The molecule has 2 aliphatic heterocycles. The molecule has 0 saturated carbocycles. The predicted molar refractivity (Wildman–Crippen MR) is 106 cm³/mol. The van der Waals surface area contributed by atoms with E-state index in [-0.39, 0.29) is 0 Å². The Labute approximate surface area is 158 Å². The van der Waals surface area contributed by atoms with Gasteiger partial charge in [-0.25, -0.2) is 4.98 Å². The van der Waals surface area contributed by atoms with Crippen molar-refractivity contribution in [3.8, 4) is 0 Å². The second kappa shape index (κ2) is 9.36. The number of pyridine rings is 1. The quantitative estimate of drug-likeness (QED) is 0.784. The molecule has 144 valence electrons. The van der Waals surface area contributed by atoms with Gasteiger partial charge >= 0.3 is 0 Å². The van der Waals surface area contributed by atoms with E-state index in [0.29, 0.717) is 24.2 Å². The third kappa shape index (κ3) is 5.44. The number of likely N-dealkylation sites (tertiary alicyclic amines) is 1. The molecule has 2 saturated heterocycles. The summed E-state index contributed by atoms with van der Waals surface area (Å²) < 4.78 is 0. The summed E-state index contributed by atoms with van der Waals surface area (Å²) in [6.07, 6.45) is 6.01. The van der Waals surface area contributed by atoms with Gasteiger partial charge in [0.2, 0.25) is 5.91 Å². The normalized spacial score (nSPS) is 22.0. The highest BCUT2D eigenvalue weighted by molar-refractivity contribution is 5.76. The van der Waals surface area contributed by atoms with Gasteiger partial charge in [-0.05, 0) is 43.2 Å². The highest BCUT2D eigenvalue weighted by atomic mass is 16.2. The summed E-state index contributed by atoms with van der Waals surface area (Å²) in [5.41, 5.74) is 0. The van der Waals surface area contributed by atoms with E-state index in [1.165, 1.54) is 6.42 Å². The first-order valence-corrected chi connectivity index (χ1v) is 10.3. The van der Waals surface area contributed by atoms with E-state index in [0.717, 1.165) is 64.5 Å². The van der Waals surface area contributed by atoms with Crippen LogP contribution in [0.2, 0.25) is 0 Å². The Morgan fingerprint density at radius 2 is 2.00 bits per heavy atom. The summed E-state index contributed by atoms with van der Waals surface area (Å²) in [5, 5.41) is 0. The molecule has 0 spiro atoms. The van der Waals surface area contributed by atoms with Crippen molar-refractivity contribution in [1.82, 2.24) is 14.8 Å². The standard InChI is InChI=1S/C21H34N4O/c1-18(2)8-9-21(26)25-11-5-6-19(17-25)16-23-12-14-24(15-13-23)20-7-3-4-10-22-20/h3-4,7,10,18-19H,5-6,8-9,11-17H2,1-2H3. The van der Waals surface area contributed by atoms with E-state index in [1.54, 1.807) is 0 Å². The number of hydrogen-bond acceptors (Lipinski definition) is 4. The molecule has 0 bridgehead atoms. The van der Waals surface area contributed by atoms with Gasteiger partial charge in [-0.15, -0.1) is 0 Å². The van der Waals surface area contributed by atoms with Gasteiger partial charge in [0.15, 0.2) is 0 Å². The highest BCUT2D eigenvalue weighted by Crippen LogP contribution is 2.21. The molecule has 3 heterocycles. The van der Waals surface area contributed by atoms with Crippen LogP contribution in [0.3, 0.4) is 0 Å². The number of rotatable bonds is 6. The molecule has 0 N–H and O–H groups in total. The molecule has 0 aromatic carbocycles. The summed E-state index contributed by atoms with van der Waals surface area (Å²) in [6, 6.07) is 6.12. The Hall–Kier alpha value is -1.62. The molecular weight excluding hydrogens is 324 g/mol. The van der Waals surface area contributed by atoms with Gasteiger partial charge in [0, 0.05) is 58.4 Å². The number of nitrogens with zero attached hydrogens (tertiary/aromatic N) is 4. The van der Waals surface area contributed by atoms with Crippen LogP contribution in [0.15, 0.2) is 24.4 Å². The van der Waals surface area contributed by atoms with Gasteiger partial charge in [-0.2, -0.15) is 0 Å². The summed E-state index contributed by atoms with van der Waals surface area (Å²) in [5.74, 6) is 2.69. The van der Waals surface area contributed by atoms with Crippen LogP contribution in [0.5, 0.6) is 0 Å². The molecule has 1 aromatic rings. The molecule has 1 unspecified atom stereocenters. The Bertz CT molecular complexity index is 554. The van der Waals surface area contributed by atoms with Gasteiger partial charge < -0.3 is 9.80 Å². The molecule has 1 aromatic heterocycles. The number of carbonyl (C=O) groups is 1. The minimum atomic E-state index is 0.364. The molecule has 0 aliphatic carbocycles. The average molecular weight is 359 g/mol. The number of piperazine rings is 1. The molecule has 3 rings (SSSR count). The molecule has 0 radical (unpaired) electrons. The molecule has 2 fully saturated rings. The fraction of sp³-hybridized carbons (Fsp3) is 0.714. The minimum Gasteiger partial charge on any atom is -0.354 e. The van der Waals surface area contributed by atoms with Gasteiger partial charge in [0.05, 0.1) is 0 Å². The first kappa shape index (κ1) is 19.2. The average Bonchev–Trinajstić information content (AvgIpc) is 2.67. The maximum Gasteiger partial charge on any atom is 0.222 e. The van der Waals surface area contributed by atoms with Crippen LogP contribution < -0.4 is 4.90 Å². The zero-order chi connectivity index (χ0) is 18.4. The fourth-order valence-corrected chi connectivity index (χ4v) is 4.08. The lowest BCUT2D eigenvalue weighted by Gasteiger charge is -2.39. The number of aromatic nitrogens is 1. The van der Waals surface area contributed by atoms with E-state index >= 15 is 0 Å². The first-order valence-electron chi connectivity index (χ1n) is 10.3. The maximum atomic E-state index is 12.4. The van der Waals surface area contributed by atoms with E-state index in [1.807, 2.05) is 12.3 Å². The summed E-state index contributed by atoms with van der Waals surface area (Å²) in [7, 11) is 0. The highest BCUT2D eigenvalue weighted by Gasteiger charge is 2.26. The molecule has 26 heavy (non-hydrogen) atoms. The van der Waals surface area contributed by atoms with Crippen LogP contribution in [0.4, 0.5) is 5.82 Å². The summed E-state index contributed by atoms with van der Waals surface area (Å²) in [6.45, 7) is 11.7. The van der Waals surface area contributed by atoms with Crippen molar-refractivity contribution in [2.75, 3.05) is 50.7 Å². The zero-order valence-corrected chi connectivity index (χ0v) is 16.4. The van der Waals surface area contributed by atoms with Crippen molar-refractivity contribution >= 4 is 11.7 Å². The number of amides is 1. The van der Waals surface area contributed by atoms with Crippen molar-refractivity contribution in [3.63, 3.8) is 0 Å². The fourth-order valence-electron chi connectivity index (χ4n) is 4.08. The lowest BCUT2D eigenvalue weighted by Crippen LogP contribution is -2.50. The lowest BCUT2D eigenvalue weighted by molar-refractivity contribution is -0.133. The first-order chi connectivity index (χ1) is 12.6. The van der Waals surface area contributed by atoms with Gasteiger partial charge in [0.1, 0.15) is 5.82 Å². The Kier molecular flexibility index (Phi) is 6.89. The van der Waals surface area contributed by atoms with Crippen molar-refractivity contribution < 1.29 is 4.79 Å². The van der Waals surface area contributed by atoms with E-state index in [4.69, 9.17) is 0 Å². The molecule has 5 nitrogen and oxygen atoms in total. The minimum absolute atomic E-state index is 0.364. The third-order valence-electron chi connectivity index (χ3n) is 5.67. The zero-order valence-electron chi connectivity index (χ0n) is 16.4. The molecule has 5 heteroatoms. The smallest absolute Gasteiger partial charge is 0.222 e. The van der Waals surface area contributed by atoms with Crippen molar-refractivity contribution in [2.24, 2.45) is 11.8 Å². The maximum absolute atomic E-state index is 12.4. The topological polar surface area (TPSA) is 39.7 Å². The van der Waals surface area contributed by atoms with Gasteiger partial charge in [-0.3, -0.25) is 9.69 Å². The SMILES string of the molecule is CC(C)CCC(=O)N1CCCC(CN2CCN(c3ccccn3)CC2)C1. The predicted octanol–water partition coefficient (Wildman–Crippen LogP) is 2.88. The van der Waals surface area contributed by atoms with Gasteiger partial charge in [0.25, 0.3) is 0 Å². The van der Waals surface area contributed by atoms with Gasteiger partial charge in [-0.1, -0.05) is 19.9 Å². The van der Waals surface area contributed by atoms with Crippen LogP contribution >= 0.6 is 0 Å². The van der Waals surface area contributed by atoms with Crippen molar-refractivity contribution in [1.29, 1.82) is 0 Å². The van der Waals surface area contributed by atoms with E-state index in [2.05, 4.69) is 45.7 Å². The number of carbonyl (C=O) groups excluding carboxylic acids is 1. The Morgan fingerprint density at radius 3 is 2.69 bits per heavy atom.